The minimum absolute atomic E-state index is 0.0846. The fraction of sp³-hybridized carbons (Fsp3) is 0.409. The molecule has 0 spiro atoms. The molecule has 1 amide bonds. The number of methoxy groups -OCH3 is 2. The minimum Gasteiger partial charge on any atom is -0.493 e. The maximum absolute atomic E-state index is 12.3. The van der Waals surface area contributed by atoms with Gasteiger partial charge in [0.1, 0.15) is 0 Å². The molecule has 2 aromatic rings. The van der Waals surface area contributed by atoms with Gasteiger partial charge in [0, 0.05) is 13.0 Å². The average Bonchev–Trinajstić information content (AvgIpc) is 2.76. The second-order valence-corrected chi connectivity index (χ2v) is 8.71. The summed E-state index contributed by atoms with van der Waals surface area (Å²) in [5, 5.41) is 2.97. The number of ether oxygens (including phenoxy) is 2. The highest BCUT2D eigenvalue weighted by atomic mass is 32.2. The number of amides is 1. The number of rotatable bonds is 11. The van der Waals surface area contributed by atoms with Crippen molar-refractivity contribution in [2.45, 2.75) is 44.0 Å². The van der Waals surface area contributed by atoms with Gasteiger partial charge >= 0.3 is 0 Å². The van der Waals surface area contributed by atoms with E-state index in [-0.39, 0.29) is 16.8 Å². The van der Waals surface area contributed by atoms with Crippen LogP contribution in [0, 0.1) is 0 Å². The predicted molar refractivity (Wildman–Crippen MR) is 116 cm³/mol. The van der Waals surface area contributed by atoms with E-state index in [1.165, 1.54) is 0 Å². The predicted octanol–water partition coefficient (Wildman–Crippen LogP) is 3.20. The van der Waals surface area contributed by atoms with Crippen molar-refractivity contribution >= 4 is 15.9 Å². The largest absolute Gasteiger partial charge is 0.493 e. The molecule has 0 fully saturated rings. The number of benzene rings is 2. The van der Waals surface area contributed by atoms with E-state index in [1.54, 1.807) is 38.5 Å². The number of aryl methyl sites for hydroxylation is 1. The maximum Gasteiger partial charge on any atom is 0.240 e. The van der Waals surface area contributed by atoms with Crippen LogP contribution in [0.5, 0.6) is 11.5 Å². The molecule has 0 bridgehead atoms. The van der Waals surface area contributed by atoms with Crippen molar-refractivity contribution in [3.8, 4) is 11.5 Å². The molecule has 7 nitrogen and oxygen atoms in total. The highest BCUT2D eigenvalue weighted by Crippen LogP contribution is 2.29. The molecule has 0 saturated heterocycles. The van der Waals surface area contributed by atoms with E-state index in [1.807, 2.05) is 32.0 Å². The molecule has 1 atom stereocenters. The molecule has 30 heavy (non-hydrogen) atoms. The lowest BCUT2D eigenvalue weighted by atomic mass is 10.1. The van der Waals surface area contributed by atoms with Crippen molar-refractivity contribution in [3.63, 3.8) is 0 Å². The van der Waals surface area contributed by atoms with Crippen LogP contribution in [0.15, 0.2) is 47.4 Å². The maximum atomic E-state index is 12.3. The molecule has 2 N–H and O–H groups in total. The molecule has 0 saturated carbocycles. The van der Waals surface area contributed by atoms with Crippen molar-refractivity contribution < 1.29 is 22.7 Å². The number of hydrogen-bond donors (Lipinski definition) is 2. The number of nitrogens with one attached hydrogen (secondary N) is 2. The summed E-state index contributed by atoms with van der Waals surface area (Å²) in [7, 11) is -0.330. The molecule has 0 unspecified atom stereocenters. The molecular weight excluding hydrogens is 404 g/mol. The van der Waals surface area contributed by atoms with E-state index < -0.39 is 10.0 Å². The third-order valence-corrected chi connectivity index (χ3v) is 6.18. The molecule has 164 valence electrons. The van der Waals surface area contributed by atoms with Gasteiger partial charge in [0.2, 0.25) is 15.9 Å². The quantitative estimate of drug-likeness (QED) is 0.566. The normalized spacial score (nSPS) is 12.3. The summed E-state index contributed by atoms with van der Waals surface area (Å²) in [5.74, 6) is 1.16. The summed E-state index contributed by atoms with van der Waals surface area (Å²) in [4.78, 5) is 12.6. The Labute approximate surface area is 178 Å². The van der Waals surface area contributed by atoms with Crippen molar-refractivity contribution in [2.24, 2.45) is 0 Å². The van der Waals surface area contributed by atoms with E-state index in [4.69, 9.17) is 9.47 Å². The van der Waals surface area contributed by atoms with Gasteiger partial charge in [0.15, 0.2) is 11.5 Å². The van der Waals surface area contributed by atoms with Crippen LogP contribution < -0.4 is 19.5 Å². The monoisotopic (exact) mass is 434 g/mol. The molecule has 0 aliphatic rings. The molecular formula is C22H30N2O5S. The van der Waals surface area contributed by atoms with E-state index in [9.17, 15) is 13.2 Å². The van der Waals surface area contributed by atoms with Crippen LogP contribution in [0.25, 0.3) is 0 Å². The Hall–Kier alpha value is -2.58. The van der Waals surface area contributed by atoms with Crippen LogP contribution in [-0.2, 0) is 21.2 Å². The van der Waals surface area contributed by atoms with Gasteiger partial charge in [0.25, 0.3) is 0 Å². The Kier molecular flexibility index (Phi) is 8.68. The molecule has 0 aliphatic carbocycles. The minimum atomic E-state index is -3.48. The van der Waals surface area contributed by atoms with Crippen molar-refractivity contribution in [2.75, 3.05) is 20.8 Å². The Morgan fingerprint density at radius 1 is 1.03 bits per heavy atom. The van der Waals surface area contributed by atoms with Crippen LogP contribution in [0.4, 0.5) is 0 Å². The second-order valence-electron chi connectivity index (χ2n) is 6.95. The topological polar surface area (TPSA) is 93.7 Å². The summed E-state index contributed by atoms with van der Waals surface area (Å²) in [6.45, 7) is 4.22. The summed E-state index contributed by atoms with van der Waals surface area (Å²) in [5.41, 5.74) is 1.81. The lowest BCUT2D eigenvalue weighted by Gasteiger charge is -2.16. The molecule has 0 aromatic heterocycles. The molecule has 2 aromatic carbocycles. The van der Waals surface area contributed by atoms with Gasteiger partial charge in [-0.15, -0.1) is 0 Å². The summed E-state index contributed by atoms with van der Waals surface area (Å²) in [6, 6.07) is 12.0. The summed E-state index contributed by atoms with van der Waals surface area (Å²) >= 11 is 0. The average molecular weight is 435 g/mol. The first-order valence-electron chi connectivity index (χ1n) is 9.90. The third kappa shape index (κ3) is 6.47. The first-order chi connectivity index (χ1) is 14.3. The van der Waals surface area contributed by atoms with Gasteiger partial charge < -0.3 is 14.8 Å². The Bertz CT molecular complexity index is 943. The Balaban J connectivity index is 1.91. The van der Waals surface area contributed by atoms with Crippen molar-refractivity contribution in [1.82, 2.24) is 10.0 Å². The zero-order valence-corrected chi connectivity index (χ0v) is 18.7. The van der Waals surface area contributed by atoms with Gasteiger partial charge in [-0.25, -0.2) is 13.1 Å². The number of carbonyl (C=O) groups excluding carboxylic acids is 1. The van der Waals surface area contributed by atoms with E-state index in [2.05, 4.69) is 10.0 Å². The van der Waals surface area contributed by atoms with Crippen LogP contribution in [0.1, 0.15) is 43.9 Å². The highest BCUT2D eigenvalue weighted by molar-refractivity contribution is 7.89. The van der Waals surface area contributed by atoms with Crippen LogP contribution in [0.3, 0.4) is 0 Å². The first kappa shape index (κ1) is 23.7. The van der Waals surface area contributed by atoms with Crippen molar-refractivity contribution in [1.29, 1.82) is 0 Å². The SMILES string of the molecule is CCCNS(=O)(=O)c1ccc(CCC(=O)N[C@@H](C)c2ccc(OC)c(OC)c2)cc1. The van der Waals surface area contributed by atoms with Gasteiger partial charge in [-0.3, -0.25) is 4.79 Å². The second kappa shape index (κ2) is 11.0. The number of hydrogen-bond acceptors (Lipinski definition) is 5. The number of sulfonamides is 1. The van der Waals surface area contributed by atoms with Gasteiger partial charge in [-0.1, -0.05) is 25.1 Å². The lowest BCUT2D eigenvalue weighted by molar-refractivity contribution is -0.121. The fourth-order valence-electron chi connectivity index (χ4n) is 2.93. The Morgan fingerprint density at radius 2 is 1.70 bits per heavy atom. The number of carbonyl (C=O) groups is 1. The van der Waals surface area contributed by atoms with E-state index >= 15 is 0 Å². The first-order valence-corrected chi connectivity index (χ1v) is 11.4. The third-order valence-electron chi connectivity index (χ3n) is 4.70. The van der Waals surface area contributed by atoms with Crippen LogP contribution in [0.2, 0.25) is 0 Å². The highest BCUT2D eigenvalue weighted by Gasteiger charge is 2.14. The van der Waals surface area contributed by atoms with Crippen LogP contribution >= 0.6 is 0 Å². The molecule has 0 heterocycles. The zero-order chi connectivity index (χ0) is 22.1. The van der Waals surface area contributed by atoms with E-state index in [0.29, 0.717) is 30.9 Å². The van der Waals surface area contributed by atoms with Crippen molar-refractivity contribution in [3.05, 3.63) is 53.6 Å². The fourth-order valence-corrected chi connectivity index (χ4v) is 4.07. The smallest absolute Gasteiger partial charge is 0.240 e. The standard InChI is InChI=1S/C22H30N2O5S/c1-5-14-23-30(26,27)19-10-6-17(7-11-19)8-13-22(25)24-16(2)18-9-12-20(28-3)21(15-18)29-4/h6-7,9-12,15-16,23H,5,8,13-14H2,1-4H3,(H,24,25)/t16-/m0/s1. The molecule has 8 heteroatoms. The molecule has 0 radical (unpaired) electrons. The van der Waals surface area contributed by atoms with Gasteiger partial charge in [-0.2, -0.15) is 0 Å². The zero-order valence-electron chi connectivity index (χ0n) is 17.9. The van der Waals surface area contributed by atoms with Crippen LogP contribution in [-0.4, -0.2) is 35.1 Å². The lowest BCUT2D eigenvalue weighted by Crippen LogP contribution is -2.26. The van der Waals surface area contributed by atoms with Gasteiger partial charge in [-0.05, 0) is 55.2 Å². The van der Waals surface area contributed by atoms with Gasteiger partial charge in [0.05, 0.1) is 25.2 Å². The summed E-state index contributed by atoms with van der Waals surface area (Å²) < 4.78 is 37.3. The Morgan fingerprint density at radius 3 is 2.30 bits per heavy atom. The molecule has 0 aliphatic heterocycles. The molecule has 2 rings (SSSR count). The summed E-state index contributed by atoms with van der Waals surface area (Å²) in [6.07, 6.45) is 1.55. The van der Waals surface area contributed by atoms with E-state index in [0.717, 1.165) is 17.5 Å².